The van der Waals surface area contributed by atoms with Crippen LogP contribution in [0.15, 0.2) is 23.8 Å². The molecule has 1 saturated carbocycles. The lowest BCUT2D eigenvalue weighted by Crippen LogP contribution is -2.23. The average molecular weight is 274 g/mol. The summed E-state index contributed by atoms with van der Waals surface area (Å²) in [5.41, 5.74) is 3.52. The molecule has 0 saturated heterocycles. The minimum Gasteiger partial charge on any atom is -0.507 e. The lowest BCUT2D eigenvalue weighted by atomic mass is 9.97. The minimum absolute atomic E-state index is 0.220. The summed E-state index contributed by atoms with van der Waals surface area (Å²) in [7, 11) is 0. The van der Waals surface area contributed by atoms with E-state index >= 15 is 0 Å². The molecule has 1 aliphatic carbocycles. The van der Waals surface area contributed by atoms with Crippen molar-refractivity contribution in [1.82, 2.24) is 0 Å². The van der Waals surface area contributed by atoms with E-state index in [4.69, 9.17) is 4.74 Å². The number of allylic oxidation sites excluding steroid dienone is 1. The molecule has 0 bridgehead atoms. The zero-order valence-electron chi connectivity index (χ0n) is 12.6. The summed E-state index contributed by atoms with van der Waals surface area (Å²) in [6.07, 6.45) is 2.05. The highest BCUT2D eigenvalue weighted by Gasteiger charge is 2.26. The SMILES string of the molecule is Cc1ccc(C(COC(=O)C(C)(C)C)=C2CC2)c(O)c1. The third kappa shape index (κ3) is 3.41. The van der Waals surface area contributed by atoms with Gasteiger partial charge < -0.3 is 9.84 Å². The zero-order valence-corrected chi connectivity index (χ0v) is 12.6. The second-order valence-electron chi connectivity index (χ2n) is 6.43. The van der Waals surface area contributed by atoms with E-state index in [9.17, 15) is 9.90 Å². The van der Waals surface area contributed by atoms with E-state index in [0.29, 0.717) is 0 Å². The van der Waals surface area contributed by atoms with Gasteiger partial charge in [-0.05, 0) is 57.7 Å². The van der Waals surface area contributed by atoms with E-state index in [2.05, 4.69) is 0 Å². The van der Waals surface area contributed by atoms with E-state index in [-0.39, 0.29) is 18.3 Å². The molecule has 3 heteroatoms. The van der Waals surface area contributed by atoms with Crippen molar-refractivity contribution in [3.8, 4) is 5.75 Å². The molecule has 1 aromatic rings. The Hall–Kier alpha value is -1.77. The Balaban J connectivity index is 2.18. The Morgan fingerprint density at radius 2 is 1.95 bits per heavy atom. The van der Waals surface area contributed by atoms with Gasteiger partial charge in [0.25, 0.3) is 0 Å². The Bertz CT molecular complexity index is 556. The van der Waals surface area contributed by atoms with Gasteiger partial charge in [-0.1, -0.05) is 17.7 Å². The minimum atomic E-state index is -0.505. The van der Waals surface area contributed by atoms with Gasteiger partial charge in [0.2, 0.25) is 0 Å². The van der Waals surface area contributed by atoms with Crippen molar-refractivity contribution in [2.45, 2.75) is 40.5 Å². The highest BCUT2D eigenvalue weighted by Crippen LogP contribution is 2.39. The normalized spacial score (nSPS) is 14.1. The van der Waals surface area contributed by atoms with Gasteiger partial charge in [-0.15, -0.1) is 0 Å². The molecule has 0 aromatic heterocycles. The summed E-state index contributed by atoms with van der Waals surface area (Å²) < 4.78 is 5.40. The molecule has 1 fully saturated rings. The number of aryl methyl sites for hydroxylation is 1. The van der Waals surface area contributed by atoms with E-state index in [1.807, 2.05) is 39.8 Å². The molecule has 1 aromatic carbocycles. The highest BCUT2D eigenvalue weighted by atomic mass is 16.5. The monoisotopic (exact) mass is 274 g/mol. The summed E-state index contributed by atoms with van der Waals surface area (Å²) >= 11 is 0. The lowest BCUT2D eigenvalue weighted by Gasteiger charge is -2.18. The van der Waals surface area contributed by atoms with Gasteiger partial charge in [0.05, 0.1) is 5.41 Å². The maximum absolute atomic E-state index is 11.9. The van der Waals surface area contributed by atoms with Crippen molar-refractivity contribution in [1.29, 1.82) is 0 Å². The van der Waals surface area contributed by atoms with Gasteiger partial charge in [0.1, 0.15) is 12.4 Å². The summed E-state index contributed by atoms with van der Waals surface area (Å²) in [5, 5.41) is 10.1. The number of hydrogen-bond donors (Lipinski definition) is 1. The van der Waals surface area contributed by atoms with Crippen LogP contribution in [0.4, 0.5) is 0 Å². The van der Waals surface area contributed by atoms with Crippen LogP contribution in [-0.4, -0.2) is 17.7 Å². The third-order valence-electron chi connectivity index (χ3n) is 3.37. The maximum Gasteiger partial charge on any atom is 0.311 e. The fourth-order valence-electron chi connectivity index (χ4n) is 1.99. The number of benzene rings is 1. The number of ether oxygens (including phenoxy) is 1. The van der Waals surface area contributed by atoms with E-state index < -0.39 is 5.41 Å². The molecule has 0 spiro atoms. The molecule has 0 aliphatic heterocycles. The van der Waals surface area contributed by atoms with Gasteiger partial charge in [-0.25, -0.2) is 0 Å². The number of esters is 1. The zero-order chi connectivity index (χ0) is 14.9. The molecule has 1 aliphatic rings. The average Bonchev–Trinajstić information content (AvgIpc) is 3.14. The van der Waals surface area contributed by atoms with E-state index in [1.54, 1.807) is 6.07 Å². The molecule has 2 rings (SSSR count). The molecular formula is C17H22O3. The first kappa shape index (κ1) is 14.6. The second-order valence-corrected chi connectivity index (χ2v) is 6.43. The number of phenolic OH excluding ortho intramolecular Hbond substituents is 1. The van der Waals surface area contributed by atoms with Crippen LogP contribution in [0.1, 0.15) is 44.7 Å². The largest absolute Gasteiger partial charge is 0.507 e. The van der Waals surface area contributed by atoms with Crippen LogP contribution in [-0.2, 0) is 9.53 Å². The van der Waals surface area contributed by atoms with Crippen molar-refractivity contribution < 1.29 is 14.6 Å². The summed E-state index contributed by atoms with van der Waals surface area (Å²) in [6, 6.07) is 5.60. The van der Waals surface area contributed by atoms with E-state index in [0.717, 1.165) is 29.5 Å². The standard InChI is InChI=1S/C17H22O3/c1-11-5-8-13(15(18)9-11)14(12-6-7-12)10-20-16(19)17(2,3)4/h5,8-9,18H,6-7,10H2,1-4H3. The topological polar surface area (TPSA) is 46.5 Å². The molecule has 0 heterocycles. The Labute approximate surface area is 120 Å². The van der Waals surface area contributed by atoms with Crippen LogP contribution in [0.2, 0.25) is 0 Å². The van der Waals surface area contributed by atoms with Crippen molar-refractivity contribution in [3.63, 3.8) is 0 Å². The molecule has 20 heavy (non-hydrogen) atoms. The van der Waals surface area contributed by atoms with Crippen LogP contribution in [0, 0.1) is 12.3 Å². The molecule has 0 unspecified atom stereocenters. The third-order valence-corrected chi connectivity index (χ3v) is 3.37. The van der Waals surface area contributed by atoms with Gasteiger partial charge >= 0.3 is 5.97 Å². The van der Waals surface area contributed by atoms with Gasteiger partial charge in [0, 0.05) is 5.56 Å². The van der Waals surface area contributed by atoms with Gasteiger partial charge in [0.15, 0.2) is 0 Å². The highest BCUT2D eigenvalue weighted by molar-refractivity contribution is 5.80. The predicted octanol–water partition coefficient (Wildman–Crippen LogP) is 3.84. The van der Waals surface area contributed by atoms with Crippen LogP contribution >= 0.6 is 0 Å². The maximum atomic E-state index is 11.9. The second kappa shape index (κ2) is 5.31. The number of carbonyl (C=O) groups is 1. The van der Waals surface area contributed by atoms with Gasteiger partial charge in [-0.2, -0.15) is 0 Å². The van der Waals surface area contributed by atoms with Crippen molar-refractivity contribution in [2.24, 2.45) is 5.41 Å². The molecule has 0 atom stereocenters. The van der Waals surface area contributed by atoms with Crippen molar-refractivity contribution >= 4 is 11.5 Å². The summed E-state index contributed by atoms with van der Waals surface area (Å²) in [6.45, 7) is 7.68. The Kier molecular flexibility index (Phi) is 3.89. The molecule has 108 valence electrons. The number of aromatic hydroxyl groups is 1. The smallest absolute Gasteiger partial charge is 0.311 e. The van der Waals surface area contributed by atoms with Crippen LogP contribution < -0.4 is 0 Å². The predicted molar refractivity (Wildman–Crippen MR) is 79.4 cm³/mol. The number of rotatable bonds is 3. The molecule has 1 N–H and O–H groups in total. The lowest BCUT2D eigenvalue weighted by molar-refractivity contribution is -0.151. The van der Waals surface area contributed by atoms with Crippen LogP contribution in [0.25, 0.3) is 5.57 Å². The first-order valence-electron chi connectivity index (χ1n) is 6.97. The molecule has 0 amide bonds. The number of hydrogen-bond acceptors (Lipinski definition) is 3. The van der Waals surface area contributed by atoms with E-state index in [1.165, 1.54) is 5.57 Å². The number of carbonyl (C=O) groups excluding carboxylic acids is 1. The first-order chi connectivity index (χ1) is 9.29. The fraction of sp³-hybridized carbons (Fsp3) is 0.471. The molecule has 3 nitrogen and oxygen atoms in total. The Morgan fingerprint density at radius 3 is 2.45 bits per heavy atom. The first-order valence-corrected chi connectivity index (χ1v) is 6.97. The van der Waals surface area contributed by atoms with Crippen LogP contribution in [0.3, 0.4) is 0 Å². The molecule has 0 radical (unpaired) electrons. The quantitative estimate of drug-likeness (QED) is 0.852. The Morgan fingerprint density at radius 1 is 1.30 bits per heavy atom. The number of phenols is 1. The van der Waals surface area contributed by atoms with Crippen LogP contribution in [0.5, 0.6) is 5.75 Å². The van der Waals surface area contributed by atoms with Crippen molar-refractivity contribution in [2.75, 3.05) is 6.61 Å². The fourth-order valence-corrected chi connectivity index (χ4v) is 1.99. The molecular weight excluding hydrogens is 252 g/mol. The summed E-state index contributed by atoms with van der Waals surface area (Å²) in [5.74, 6) is 0.0362. The van der Waals surface area contributed by atoms with Crippen molar-refractivity contribution in [3.05, 3.63) is 34.9 Å². The summed E-state index contributed by atoms with van der Waals surface area (Å²) in [4.78, 5) is 11.9. The van der Waals surface area contributed by atoms with Gasteiger partial charge in [-0.3, -0.25) is 4.79 Å².